The third kappa shape index (κ3) is 26.8. The van der Waals surface area contributed by atoms with E-state index in [0.29, 0.717) is 65.6 Å². The number of hydroxylamine groups is 2. The normalized spacial score (nSPS) is 11.1. The van der Waals surface area contributed by atoms with Gasteiger partial charge in [0.15, 0.2) is 5.78 Å². The average Bonchev–Trinajstić information content (AvgIpc) is 3.08. The lowest BCUT2D eigenvalue weighted by atomic mass is 10.0. The van der Waals surface area contributed by atoms with Crippen LogP contribution in [0.15, 0.2) is 0 Å². The molecule has 48 heavy (non-hydrogen) atoms. The van der Waals surface area contributed by atoms with Gasteiger partial charge in [-0.25, -0.2) is 20.5 Å². The lowest BCUT2D eigenvalue weighted by Crippen LogP contribution is -2.61. The number of hydrogen-bond donors (Lipinski definition) is 9. The molecular weight excluding hydrogens is 644 g/mol. The Labute approximate surface area is 280 Å². The minimum Gasteiger partial charge on any atom is -0.389 e. The van der Waals surface area contributed by atoms with Crippen molar-refractivity contribution in [2.24, 2.45) is 0 Å². The average molecular weight is 699 g/mol. The summed E-state index contributed by atoms with van der Waals surface area (Å²) < 4.78 is 33.1. The minimum atomic E-state index is -1.35. The Bertz CT molecular complexity index is 826. The smallest absolute Gasteiger partial charge is 0.315 e. The second-order valence-corrected chi connectivity index (χ2v) is 10.2. The molecule has 0 fully saturated rings. The van der Waals surface area contributed by atoms with E-state index in [-0.39, 0.29) is 71.5 Å². The molecule has 0 aliphatic rings. The highest BCUT2D eigenvalue weighted by Crippen LogP contribution is 2.10. The van der Waals surface area contributed by atoms with Crippen molar-refractivity contribution in [2.75, 3.05) is 106 Å². The van der Waals surface area contributed by atoms with Gasteiger partial charge in [0.1, 0.15) is 12.1 Å². The second-order valence-electron chi connectivity index (χ2n) is 10.2. The predicted molar refractivity (Wildman–Crippen MR) is 166 cm³/mol. The van der Waals surface area contributed by atoms with Crippen LogP contribution < -0.4 is 32.2 Å². The van der Waals surface area contributed by atoms with Crippen LogP contribution in [0.2, 0.25) is 0 Å². The minimum absolute atomic E-state index is 0.0729. The van der Waals surface area contributed by atoms with E-state index in [4.69, 9.17) is 43.9 Å². The van der Waals surface area contributed by atoms with Crippen LogP contribution in [0.25, 0.3) is 0 Å². The molecular formula is C28H54N6O14. The third-order valence-corrected chi connectivity index (χ3v) is 6.00. The Morgan fingerprint density at radius 3 is 1.44 bits per heavy atom. The molecule has 6 amide bonds. The summed E-state index contributed by atoms with van der Waals surface area (Å²) in [6.45, 7) is 3.92. The van der Waals surface area contributed by atoms with Crippen molar-refractivity contribution in [3.8, 4) is 0 Å². The SMILES string of the molecule is CCNC(=O)NCCCOCCOCCOCCCNC(=O)NC(COCCC(=O)CO)(COCCC(=O)NO)COCCC(=O)NO. The summed E-state index contributed by atoms with van der Waals surface area (Å²) in [6, 6.07) is -0.812. The quantitative estimate of drug-likeness (QED) is 0.0208. The van der Waals surface area contributed by atoms with E-state index < -0.39 is 35.8 Å². The number of amides is 6. The first kappa shape index (κ1) is 44.8. The molecule has 0 aromatic rings. The van der Waals surface area contributed by atoms with Crippen LogP contribution in [0.3, 0.4) is 0 Å². The van der Waals surface area contributed by atoms with Crippen LogP contribution >= 0.6 is 0 Å². The van der Waals surface area contributed by atoms with Crippen LogP contribution in [-0.2, 0) is 42.8 Å². The van der Waals surface area contributed by atoms with Crippen molar-refractivity contribution in [1.29, 1.82) is 0 Å². The molecule has 280 valence electrons. The lowest BCUT2D eigenvalue weighted by Gasteiger charge is -2.34. The van der Waals surface area contributed by atoms with Gasteiger partial charge in [-0.1, -0.05) is 0 Å². The van der Waals surface area contributed by atoms with Gasteiger partial charge in [0.05, 0.1) is 78.9 Å². The summed E-state index contributed by atoms with van der Waals surface area (Å²) in [5.41, 5.74) is 1.62. The first-order chi connectivity index (χ1) is 23.2. The number of carbonyl (C=O) groups excluding carboxylic acids is 5. The molecule has 0 saturated heterocycles. The van der Waals surface area contributed by atoms with Crippen molar-refractivity contribution in [2.45, 2.75) is 44.6 Å². The first-order valence-corrected chi connectivity index (χ1v) is 15.7. The zero-order valence-corrected chi connectivity index (χ0v) is 27.7. The summed E-state index contributed by atoms with van der Waals surface area (Å²) >= 11 is 0. The van der Waals surface area contributed by atoms with Gasteiger partial charge in [0.25, 0.3) is 0 Å². The van der Waals surface area contributed by atoms with E-state index in [1.165, 1.54) is 11.0 Å². The standard InChI is InChI=1S/C28H54N6O14/c1-2-29-26(39)30-8-3-10-43-15-17-45-18-16-44-11-4-9-31-27(40)32-28(20-46-12-5-23(36)19-35,21-47-13-6-24(37)33-41)22-48-14-7-25(38)34-42/h35,41-42H,2-22H2,1H3,(H,33,37)(H,34,38)(H2,29,30,39)(H2,31,32,40). The highest BCUT2D eigenvalue weighted by molar-refractivity contribution is 5.79. The predicted octanol–water partition coefficient (Wildman–Crippen LogP) is -2.03. The van der Waals surface area contributed by atoms with Crippen LogP contribution in [0.1, 0.15) is 39.0 Å². The van der Waals surface area contributed by atoms with Crippen LogP contribution in [0.5, 0.6) is 0 Å². The van der Waals surface area contributed by atoms with Crippen LogP contribution in [-0.4, -0.2) is 156 Å². The monoisotopic (exact) mass is 698 g/mol. The van der Waals surface area contributed by atoms with Gasteiger partial charge in [-0.3, -0.25) is 24.8 Å². The van der Waals surface area contributed by atoms with E-state index in [9.17, 15) is 24.0 Å². The fourth-order valence-corrected chi connectivity index (χ4v) is 3.54. The molecule has 0 atom stereocenters. The van der Waals surface area contributed by atoms with Gasteiger partial charge in [-0.05, 0) is 19.8 Å². The summed E-state index contributed by atoms with van der Waals surface area (Å²) in [5, 5.41) is 37.1. The summed E-state index contributed by atoms with van der Waals surface area (Å²) in [6.07, 6.45) is 0.730. The molecule has 0 saturated carbocycles. The maximum atomic E-state index is 12.8. The van der Waals surface area contributed by atoms with Crippen LogP contribution in [0.4, 0.5) is 9.59 Å². The van der Waals surface area contributed by atoms with Crippen molar-refractivity contribution in [3.05, 3.63) is 0 Å². The number of nitrogens with one attached hydrogen (secondary N) is 6. The molecule has 0 aromatic carbocycles. The van der Waals surface area contributed by atoms with Gasteiger partial charge in [0.2, 0.25) is 11.8 Å². The molecule has 0 aromatic heterocycles. The van der Waals surface area contributed by atoms with Gasteiger partial charge < -0.3 is 54.8 Å². The first-order valence-electron chi connectivity index (χ1n) is 15.7. The molecule has 0 spiro atoms. The largest absolute Gasteiger partial charge is 0.389 e. The molecule has 0 aliphatic heterocycles. The maximum absolute atomic E-state index is 12.8. The van der Waals surface area contributed by atoms with Crippen molar-refractivity contribution in [3.63, 3.8) is 0 Å². The van der Waals surface area contributed by atoms with E-state index in [1.807, 2.05) is 6.92 Å². The zero-order valence-electron chi connectivity index (χ0n) is 27.7. The summed E-state index contributed by atoms with van der Waals surface area (Å²) in [4.78, 5) is 58.2. The molecule has 0 radical (unpaired) electrons. The van der Waals surface area contributed by atoms with Crippen molar-refractivity contribution < 1.29 is 67.9 Å². The van der Waals surface area contributed by atoms with E-state index in [2.05, 4.69) is 21.3 Å². The fraction of sp³-hybridized carbons (Fsp3) is 0.821. The number of urea groups is 2. The number of aliphatic hydroxyl groups excluding tert-OH is 1. The van der Waals surface area contributed by atoms with Gasteiger partial charge >= 0.3 is 12.1 Å². The summed E-state index contributed by atoms with van der Waals surface area (Å²) in [7, 11) is 0. The van der Waals surface area contributed by atoms with Crippen molar-refractivity contribution in [1.82, 2.24) is 32.2 Å². The number of ketones is 1. The molecule has 9 N–H and O–H groups in total. The number of aliphatic hydroxyl groups is 1. The fourth-order valence-electron chi connectivity index (χ4n) is 3.54. The van der Waals surface area contributed by atoms with E-state index in [0.717, 1.165) is 0 Å². The van der Waals surface area contributed by atoms with Crippen molar-refractivity contribution >= 4 is 29.7 Å². The van der Waals surface area contributed by atoms with E-state index in [1.54, 1.807) is 0 Å². The molecule has 0 rings (SSSR count). The van der Waals surface area contributed by atoms with Gasteiger partial charge in [0, 0.05) is 39.3 Å². The molecule has 20 nitrogen and oxygen atoms in total. The number of carbonyl (C=O) groups is 5. The van der Waals surface area contributed by atoms with Gasteiger partial charge in [-0.2, -0.15) is 0 Å². The molecule has 0 aliphatic carbocycles. The maximum Gasteiger partial charge on any atom is 0.315 e. The zero-order chi connectivity index (χ0) is 35.7. The Morgan fingerprint density at radius 1 is 0.562 bits per heavy atom. The third-order valence-electron chi connectivity index (χ3n) is 6.00. The molecule has 0 unspecified atom stereocenters. The number of Topliss-reactive ketones (excluding diaryl/α,β-unsaturated/α-hetero) is 1. The Kier molecular flexibility index (Phi) is 29.0. The molecule has 0 bridgehead atoms. The lowest BCUT2D eigenvalue weighted by molar-refractivity contribution is -0.130. The highest BCUT2D eigenvalue weighted by Gasteiger charge is 2.34. The molecule has 20 heteroatoms. The summed E-state index contributed by atoms with van der Waals surface area (Å²) in [5.74, 6) is -1.81. The second kappa shape index (κ2) is 31.1. The highest BCUT2D eigenvalue weighted by atomic mass is 16.5. The number of hydrogen-bond acceptors (Lipinski definition) is 14. The van der Waals surface area contributed by atoms with Crippen LogP contribution in [0, 0.1) is 0 Å². The topological polar surface area (TPSA) is 274 Å². The van der Waals surface area contributed by atoms with E-state index >= 15 is 0 Å². The number of rotatable bonds is 32. The number of ether oxygens (including phenoxy) is 6. The van der Waals surface area contributed by atoms with Gasteiger partial charge in [-0.15, -0.1) is 0 Å². The molecule has 0 heterocycles. The Morgan fingerprint density at radius 2 is 1.00 bits per heavy atom. The Balaban J connectivity index is 4.59. The Hall–Kier alpha value is -3.21.